The van der Waals surface area contributed by atoms with Gasteiger partial charge in [0.2, 0.25) is 5.95 Å². The smallest absolute Gasteiger partial charge is 0.224 e. The van der Waals surface area contributed by atoms with Gasteiger partial charge in [0.15, 0.2) is 5.82 Å². The van der Waals surface area contributed by atoms with Gasteiger partial charge in [0, 0.05) is 12.2 Å². The van der Waals surface area contributed by atoms with Gasteiger partial charge >= 0.3 is 0 Å². The molecular weight excluding hydrogens is 319 g/mol. The van der Waals surface area contributed by atoms with Crippen LogP contribution in [0.15, 0.2) is 24.4 Å². The van der Waals surface area contributed by atoms with Gasteiger partial charge in [-0.05, 0) is 24.6 Å². The Kier molecular flexibility index (Phi) is 5.29. The van der Waals surface area contributed by atoms with Gasteiger partial charge in [0.05, 0.1) is 16.2 Å². The zero-order valence-electron chi connectivity index (χ0n) is 10.8. The number of halogens is 3. The topological polar surface area (TPSA) is 49.8 Å². The molecule has 1 aromatic heterocycles. The molecule has 2 N–H and O–H groups in total. The zero-order valence-corrected chi connectivity index (χ0v) is 13.0. The molecule has 0 saturated heterocycles. The highest BCUT2D eigenvalue weighted by atomic mass is 35.5. The van der Waals surface area contributed by atoms with Crippen LogP contribution < -0.4 is 10.6 Å². The average Bonchev–Trinajstić information content (AvgIpc) is 2.44. The lowest BCUT2D eigenvalue weighted by Crippen LogP contribution is -2.06. The highest BCUT2D eigenvalue weighted by Gasteiger charge is 2.07. The highest BCUT2D eigenvalue weighted by molar-refractivity contribution is 6.42. The normalized spacial score (nSPS) is 10.4. The Morgan fingerprint density at radius 1 is 1.10 bits per heavy atom. The highest BCUT2D eigenvalue weighted by Crippen LogP contribution is 2.28. The lowest BCUT2D eigenvalue weighted by molar-refractivity contribution is 0.953. The molecule has 0 unspecified atom stereocenters. The van der Waals surface area contributed by atoms with E-state index in [-0.39, 0.29) is 0 Å². The molecule has 106 valence electrons. The molecule has 0 aliphatic carbocycles. The molecule has 0 spiro atoms. The molecule has 4 nitrogen and oxygen atoms in total. The van der Waals surface area contributed by atoms with Crippen molar-refractivity contribution in [2.75, 3.05) is 17.2 Å². The SMILES string of the molecule is CCCNc1ncc(Cl)c(Nc2ccc(Cl)c(Cl)c2)n1. The van der Waals surface area contributed by atoms with Crippen molar-refractivity contribution in [2.24, 2.45) is 0 Å². The summed E-state index contributed by atoms with van der Waals surface area (Å²) in [5.74, 6) is 1.04. The molecule has 0 aliphatic heterocycles. The van der Waals surface area contributed by atoms with E-state index >= 15 is 0 Å². The van der Waals surface area contributed by atoms with Crippen LogP contribution in [0.4, 0.5) is 17.5 Å². The number of rotatable bonds is 5. The summed E-state index contributed by atoms with van der Waals surface area (Å²) in [7, 11) is 0. The molecule has 1 heterocycles. The molecule has 0 fully saturated rings. The molecule has 0 radical (unpaired) electrons. The number of hydrogen-bond donors (Lipinski definition) is 2. The summed E-state index contributed by atoms with van der Waals surface area (Å²) in [6.07, 6.45) is 2.54. The summed E-state index contributed by atoms with van der Waals surface area (Å²) in [5.41, 5.74) is 0.751. The average molecular weight is 332 g/mol. The van der Waals surface area contributed by atoms with E-state index in [1.54, 1.807) is 24.4 Å². The molecular formula is C13H13Cl3N4. The maximum absolute atomic E-state index is 6.08. The van der Waals surface area contributed by atoms with Crippen molar-refractivity contribution in [3.63, 3.8) is 0 Å². The third-order valence-corrected chi connectivity index (χ3v) is 3.48. The van der Waals surface area contributed by atoms with Crippen LogP contribution in [0, 0.1) is 0 Å². The minimum atomic E-state index is 0.429. The molecule has 0 bridgehead atoms. The Hall–Kier alpha value is -1.23. The van der Waals surface area contributed by atoms with Crippen LogP contribution in [0.2, 0.25) is 15.1 Å². The van der Waals surface area contributed by atoms with E-state index in [1.165, 1.54) is 0 Å². The second kappa shape index (κ2) is 6.97. The summed E-state index contributed by atoms with van der Waals surface area (Å²) in [6.45, 7) is 2.87. The maximum atomic E-state index is 6.08. The van der Waals surface area contributed by atoms with Crippen LogP contribution in [-0.4, -0.2) is 16.5 Å². The Morgan fingerprint density at radius 3 is 2.60 bits per heavy atom. The molecule has 7 heteroatoms. The maximum Gasteiger partial charge on any atom is 0.224 e. The van der Waals surface area contributed by atoms with Gasteiger partial charge in [-0.15, -0.1) is 0 Å². The third-order valence-electron chi connectivity index (χ3n) is 2.46. The van der Waals surface area contributed by atoms with Gasteiger partial charge in [0.1, 0.15) is 5.02 Å². The van der Waals surface area contributed by atoms with Gasteiger partial charge < -0.3 is 10.6 Å². The molecule has 2 rings (SSSR count). The van der Waals surface area contributed by atoms with Crippen molar-refractivity contribution in [3.8, 4) is 0 Å². The van der Waals surface area contributed by atoms with Crippen molar-refractivity contribution in [1.82, 2.24) is 9.97 Å². The van der Waals surface area contributed by atoms with Crippen LogP contribution in [0.1, 0.15) is 13.3 Å². The Balaban J connectivity index is 2.20. The van der Waals surface area contributed by atoms with E-state index < -0.39 is 0 Å². The Bertz CT molecular complexity index is 604. The molecule has 0 amide bonds. The quantitative estimate of drug-likeness (QED) is 0.809. The van der Waals surface area contributed by atoms with Crippen molar-refractivity contribution in [3.05, 3.63) is 39.5 Å². The first-order valence-electron chi connectivity index (χ1n) is 6.08. The standard InChI is InChI=1S/C13H13Cl3N4/c1-2-5-17-13-18-7-11(16)12(20-13)19-8-3-4-9(14)10(15)6-8/h3-4,6-7H,2,5H2,1H3,(H2,17,18,19,20). The van der Waals surface area contributed by atoms with Crippen molar-refractivity contribution < 1.29 is 0 Å². The second-order valence-electron chi connectivity index (χ2n) is 4.07. The predicted octanol–water partition coefficient (Wildman–Crippen LogP) is 5.00. The first-order valence-corrected chi connectivity index (χ1v) is 7.22. The third kappa shape index (κ3) is 3.88. The largest absolute Gasteiger partial charge is 0.354 e. The monoisotopic (exact) mass is 330 g/mol. The summed E-state index contributed by atoms with van der Waals surface area (Å²) < 4.78 is 0. The van der Waals surface area contributed by atoms with Crippen LogP contribution in [0.5, 0.6) is 0 Å². The summed E-state index contributed by atoms with van der Waals surface area (Å²) in [5, 5.41) is 7.58. The first-order chi connectivity index (χ1) is 9.60. The molecule has 2 aromatic rings. The minimum absolute atomic E-state index is 0.429. The van der Waals surface area contributed by atoms with Crippen LogP contribution in [0.25, 0.3) is 0 Å². The molecule has 20 heavy (non-hydrogen) atoms. The van der Waals surface area contributed by atoms with E-state index in [1.807, 2.05) is 0 Å². The van der Waals surface area contributed by atoms with Crippen LogP contribution >= 0.6 is 34.8 Å². The van der Waals surface area contributed by atoms with E-state index in [9.17, 15) is 0 Å². The van der Waals surface area contributed by atoms with Gasteiger partial charge in [-0.1, -0.05) is 41.7 Å². The summed E-state index contributed by atoms with van der Waals surface area (Å²) >= 11 is 17.9. The minimum Gasteiger partial charge on any atom is -0.354 e. The summed E-state index contributed by atoms with van der Waals surface area (Å²) in [4.78, 5) is 8.42. The zero-order chi connectivity index (χ0) is 14.5. The fourth-order valence-corrected chi connectivity index (χ4v) is 1.92. The summed E-state index contributed by atoms with van der Waals surface area (Å²) in [6, 6.07) is 5.21. The second-order valence-corrected chi connectivity index (χ2v) is 5.29. The Labute approximate surface area is 132 Å². The lowest BCUT2D eigenvalue weighted by atomic mass is 10.3. The molecule has 1 aromatic carbocycles. The first kappa shape index (κ1) is 15.2. The number of nitrogens with one attached hydrogen (secondary N) is 2. The van der Waals surface area contributed by atoms with Crippen molar-refractivity contribution >= 4 is 52.3 Å². The van der Waals surface area contributed by atoms with Crippen molar-refractivity contribution in [2.45, 2.75) is 13.3 Å². The fourth-order valence-electron chi connectivity index (χ4n) is 1.49. The van der Waals surface area contributed by atoms with Gasteiger partial charge in [-0.25, -0.2) is 4.98 Å². The van der Waals surface area contributed by atoms with E-state index in [4.69, 9.17) is 34.8 Å². The van der Waals surface area contributed by atoms with Crippen LogP contribution in [-0.2, 0) is 0 Å². The molecule has 0 aliphatic rings. The Morgan fingerprint density at radius 2 is 1.90 bits per heavy atom. The number of aromatic nitrogens is 2. The molecule has 0 saturated carbocycles. The van der Waals surface area contributed by atoms with Gasteiger partial charge in [-0.2, -0.15) is 4.98 Å². The van der Waals surface area contributed by atoms with E-state index in [0.717, 1.165) is 18.7 Å². The van der Waals surface area contributed by atoms with E-state index in [2.05, 4.69) is 27.5 Å². The number of anilines is 3. The number of benzene rings is 1. The van der Waals surface area contributed by atoms with Crippen LogP contribution in [0.3, 0.4) is 0 Å². The lowest BCUT2D eigenvalue weighted by Gasteiger charge is -2.10. The number of nitrogens with zero attached hydrogens (tertiary/aromatic N) is 2. The number of hydrogen-bond acceptors (Lipinski definition) is 4. The van der Waals surface area contributed by atoms with Gasteiger partial charge in [-0.3, -0.25) is 0 Å². The predicted molar refractivity (Wildman–Crippen MR) is 85.6 cm³/mol. The van der Waals surface area contributed by atoms with Gasteiger partial charge in [0.25, 0.3) is 0 Å². The van der Waals surface area contributed by atoms with E-state index in [0.29, 0.717) is 26.8 Å². The fraction of sp³-hybridized carbons (Fsp3) is 0.231. The van der Waals surface area contributed by atoms with Crippen molar-refractivity contribution in [1.29, 1.82) is 0 Å². The molecule has 0 atom stereocenters.